The molecular weight excluding hydrogens is 232 g/mol. The van der Waals surface area contributed by atoms with E-state index >= 15 is 0 Å². The van der Waals surface area contributed by atoms with Gasteiger partial charge in [0.1, 0.15) is 11.5 Å². The molecule has 1 heterocycles. The number of carbonyl (C=O) groups is 1. The smallest absolute Gasteiger partial charge is 0.277 e. The molecule has 1 aromatic carbocycles. The minimum absolute atomic E-state index is 0.0214. The number of aromatic nitrogens is 1. The van der Waals surface area contributed by atoms with Crippen LogP contribution in [0.1, 0.15) is 28.7 Å². The monoisotopic (exact) mass is 246 g/mol. The van der Waals surface area contributed by atoms with E-state index in [4.69, 9.17) is 4.52 Å². The molecule has 0 saturated carbocycles. The molecule has 0 bridgehead atoms. The van der Waals surface area contributed by atoms with Gasteiger partial charge in [0, 0.05) is 12.5 Å². The standard InChI is InChI=1S/C13H14N2O3/c1-3-9-7-11(15-18-9)13(17)14-10-6-8(2)4-5-12(10)16/h4-7,16H,3H2,1-2H3,(H,14,17). The van der Waals surface area contributed by atoms with Crippen molar-refractivity contribution in [2.24, 2.45) is 0 Å². The molecule has 1 amide bonds. The highest BCUT2D eigenvalue weighted by Crippen LogP contribution is 2.24. The Balaban J connectivity index is 2.18. The number of hydrogen-bond donors (Lipinski definition) is 2. The molecule has 0 aliphatic rings. The second-order valence-electron chi connectivity index (χ2n) is 4.01. The number of anilines is 1. The van der Waals surface area contributed by atoms with E-state index in [0.717, 1.165) is 5.56 Å². The molecule has 94 valence electrons. The van der Waals surface area contributed by atoms with Crippen LogP contribution in [0.5, 0.6) is 5.75 Å². The summed E-state index contributed by atoms with van der Waals surface area (Å²) in [6, 6.07) is 6.57. The zero-order chi connectivity index (χ0) is 13.1. The predicted octanol–water partition coefficient (Wildman–Crippen LogP) is 2.50. The van der Waals surface area contributed by atoms with Crippen molar-refractivity contribution in [2.75, 3.05) is 5.32 Å². The largest absolute Gasteiger partial charge is 0.506 e. The zero-order valence-corrected chi connectivity index (χ0v) is 10.2. The number of benzene rings is 1. The van der Waals surface area contributed by atoms with Crippen molar-refractivity contribution in [3.63, 3.8) is 0 Å². The number of aryl methyl sites for hydroxylation is 2. The lowest BCUT2D eigenvalue weighted by atomic mass is 10.2. The number of hydrogen-bond acceptors (Lipinski definition) is 4. The minimum atomic E-state index is -0.403. The number of aromatic hydroxyl groups is 1. The van der Waals surface area contributed by atoms with Crippen LogP contribution in [0.4, 0.5) is 5.69 Å². The van der Waals surface area contributed by atoms with E-state index in [9.17, 15) is 9.90 Å². The average molecular weight is 246 g/mol. The highest BCUT2D eigenvalue weighted by atomic mass is 16.5. The van der Waals surface area contributed by atoms with Gasteiger partial charge in [-0.25, -0.2) is 0 Å². The summed E-state index contributed by atoms with van der Waals surface area (Å²) in [6.07, 6.45) is 0.677. The van der Waals surface area contributed by atoms with Crippen LogP contribution in [0.3, 0.4) is 0 Å². The highest BCUT2D eigenvalue weighted by molar-refractivity contribution is 6.03. The fourth-order valence-corrected chi connectivity index (χ4v) is 1.52. The molecule has 5 nitrogen and oxygen atoms in total. The molecule has 2 aromatic rings. The van der Waals surface area contributed by atoms with Gasteiger partial charge in [-0.2, -0.15) is 0 Å². The summed E-state index contributed by atoms with van der Waals surface area (Å²) in [5.41, 5.74) is 1.51. The van der Waals surface area contributed by atoms with Crippen LogP contribution in [-0.4, -0.2) is 16.2 Å². The number of phenols is 1. The summed E-state index contributed by atoms with van der Waals surface area (Å²) in [7, 11) is 0. The summed E-state index contributed by atoms with van der Waals surface area (Å²) in [6.45, 7) is 3.79. The molecule has 5 heteroatoms. The number of nitrogens with zero attached hydrogens (tertiary/aromatic N) is 1. The second kappa shape index (κ2) is 4.91. The molecule has 0 unspecified atom stereocenters. The van der Waals surface area contributed by atoms with Gasteiger partial charge in [-0.3, -0.25) is 4.79 Å². The van der Waals surface area contributed by atoms with Crippen molar-refractivity contribution in [3.05, 3.63) is 41.3 Å². The van der Waals surface area contributed by atoms with E-state index in [-0.39, 0.29) is 11.4 Å². The number of nitrogens with one attached hydrogen (secondary N) is 1. The predicted molar refractivity (Wildman–Crippen MR) is 66.7 cm³/mol. The van der Waals surface area contributed by atoms with Gasteiger partial charge >= 0.3 is 0 Å². The maximum Gasteiger partial charge on any atom is 0.277 e. The Bertz CT molecular complexity index is 575. The number of amides is 1. The highest BCUT2D eigenvalue weighted by Gasteiger charge is 2.13. The molecule has 0 aliphatic heterocycles. The molecule has 0 aliphatic carbocycles. The first-order valence-electron chi connectivity index (χ1n) is 5.66. The summed E-state index contributed by atoms with van der Waals surface area (Å²) in [5.74, 6) is 0.265. The molecule has 0 fully saturated rings. The Morgan fingerprint density at radius 1 is 1.44 bits per heavy atom. The summed E-state index contributed by atoms with van der Waals surface area (Å²) in [5, 5.41) is 15.9. The van der Waals surface area contributed by atoms with Crippen molar-refractivity contribution < 1.29 is 14.4 Å². The molecule has 0 saturated heterocycles. The van der Waals surface area contributed by atoms with E-state index < -0.39 is 5.91 Å². The quantitative estimate of drug-likeness (QED) is 0.816. The maximum atomic E-state index is 11.9. The lowest BCUT2D eigenvalue weighted by Crippen LogP contribution is -2.12. The van der Waals surface area contributed by atoms with Crippen LogP contribution in [0.2, 0.25) is 0 Å². The fraction of sp³-hybridized carbons (Fsp3) is 0.231. The first kappa shape index (κ1) is 12.2. The SMILES string of the molecule is CCc1cc(C(=O)Nc2cc(C)ccc2O)no1. The number of carbonyl (C=O) groups excluding carboxylic acids is 1. The first-order valence-corrected chi connectivity index (χ1v) is 5.66. The lowest BCUT2D eigenvalue weighted by Gasteiger charge is -2.06. The molecular formula is C13H14N2O3. The molecule has 0 spiro atoms. The maximum absolute atomic E-state index is 11.9. The minimum Gasteiger partial charge on any atom is -0.506 e. The van der Waals surface area contributed by atoms with Crippen LogP contribution in [0, 0.1) is 6.92 Å². The summed E-state index contributed by atoms with van der Waals surface area (Å²) < 4.78 is 4.95. The Morgan fingerprint density at radius 2 is 2.22 bits per heavy atom. The van der Waals surface area contributed by atoms with E-state index in [0.29, 0.717) is 17.9 Å². The Kier molecular flexibility index (Phi) is 3.32. The van der Waals surface area contributed by atoms with E-state index in [1.165, 1.54) is 6.07 Å². The molecule has 0 atom stereocenters. The summed E-state index contributed by atoms with van der Waals surface area (Å²) in [4.78, 5) is 11.9. The van der Waals surface area contributed by atoms with E-state index in [1.54, 1.807) is 18.2 Å². The van der Waals surface area contributed by atoms with Crippen LogP contribution >= 0.6 is 0 Å². The Morgan fingerprint density at radius 3 is 2.89 bits per heavy atom. The van der Waals surface area contributed by atoms with Gasteiger partial charge < -0.3 is 14.9 Å². The first-order chi connectivity index (χ1) is 8.60. The summed E-state index contributed by atoms with van der Waals surface area (Å²) >= 11 is 0. The Hall–Kier alpha value is -2.30. The zero-order valence-electron chi connectivity index (χ0n) is 10.2. The molecule has 0 radical (unpaired) electrons. The third-order valence-corrected chi connectivity index (χ3v) is 2.54. The van der Waals surface area contributed by atoms with Gasteiger partial charge in [0.2, 0.25) is 0 Å². The van der Waals surface area contributed by atoms with Crippen LogP contribution in [0.25, 0.3) is 0 Å². The lowest BCUT2D eigenvalue weighted by molar-refractivity contribution is 0.101. The van der Waals surface area contributed by atoms with Gasteiger partial charge in [-0.05, 0) is 24.6 Å². The van der Waals surface area contributed by atoms with Gasteiger partial charge in [-0.1, -0.05) is 18.1 Å². The van der Waals surface area contributed by atoms with Gasteiger partial charge in [0.05, 0.1) is 5.69 Å². The van der Waals surface area contributed by atoms with Crippen molar-refractivity contribution in [3.8, 4) is 5.75 Å². The normalized spacial score (nSPS) is 10.3. The third-order valence-electron chi connectivity index (χ3n) is 2.54. The van der Waals surface area contributed by atoms with Crippen LogP contribution < -0.4 is 5.32 Å². The third kappa shape index (κ3) is 2.51. The molecule has 2 N–H and O–H groups in total. The van der Waals surface area contributed by atoms with Gasteiger partial charge in [-0.15, -0.1) is 0 Å². The van der Waals surface area contributed by atoms with Crippen LogP contribution in [-0.2, 0) is 6.42 Å². The second-order valence-corrected chi connectivity index (χ2v) is 4.01. The number of phenolic OH excluding ortho intramolecular Hbond substituents is 1. The van der Waals surface area contributed by atoms with Crippen molar-refractivity contribution in [2.45, 2.75) is 20.3 Å². The molecule has 18 heavy (non-hydrogen) atoms. The van der Waals surface area contributed by atoms with E-state index in [2.05, 4.69) is 10.5 Å². The molecule has 2 rings (SSSR count). The van der Waals surface area contributed by atoms with Crippen molar-refractivity contribution in [1.82, 2.24) is 5.16 Å². The Labute approximate surface area is 104 Å². The average Bonchev–Trinajstić information content (AvgIpc) is 2.82. The van der Waals surface area contributed by atoms with Gasteiger partial charge in [0.25, 0.3) is 5.91 Å². The van der Waals surface area contributed by atoms with E-state index in [1.807, 2.05) is 13.8 Å². The van der Waals surface area contributed by atoms with Crippen molar-refractivity contribution >= 4 is 11.6 Å². The molecule has 1 aromatic heterocycles. The fourth-order valence-electron chi connectivity index (χ4n) is 1.52. The van der Waals surface area contributed by atoms with Crippen LogP contribution in [0.15, 0.2) is 28.8 Å². The topological polar surface area (TPSA) is 75.4 Å². The van der Waals surface area contributed by atoms with Crippen molar-refractivity contribution in [1.29, 1.82) is 0 Å². The van der Waals surface area contributed by atoms with Gasteiger partial charge in [0.15, 0.2) is 5.69 Å². The number of rotatable bonds is 3.